The summed E-state index contributed by atoms with van der Waals surface area (Å²) < 4.78 is 0. The average molecular weight is 201 g/mol. The highest BCUT2D eigenvalue weighted by Gasteiger charge is 2.20. The zero-order valence-corrected chi connectivity index (χ0v) is 9.62. The molecule has 1 rings (SSSR count). The Morgan fingerprint density at radius 1 is 1.29 bits per heavy atom. The van der Waals surface area contributed by atoms with Gasteiger partial charge in [0.1, 0.15) is 0 Å². The molecule has 0 spiro atoms. The Bertz CT molecular complexity index is 153. The number of rotatable bonds is 2. The summed E-state index contributed by atoms with van der Waals surface area (Å²) in [5.74, 6) is -0.111. The zero-order chi connectivity index (χ0) is 11.0. The number of aliphatic hydroxyl groups is 1. The minimum atomic E-state index is -0.219. The fourth-order valence-electron chi connectivity index (χ4n) is 1.50. The molecule has 1 saturated heterocycles. The molecule has 1 unspecified atom stereocenters. The topological polar surface area (TPSA) is 40.5 Å². The highest BCUT2D eigenvalue weighted by Crippen LogP contribution is 2.11. The van der Waals surface area contributed by atoms with E-state index in [9.17, 15) is 4.79 Å². The van der Waals surface area contributed by atoms with Gasteiger partial charge < -0.3 is 10.0 Å². The van der Waals surface area contributed by atoms with Gasteiger partial charge in [-0.15, -0.1) is 0 Å². The van der Waals surface area contributed by atoms with E-state index in [2.05, 4.69) is 0 Å². The van der Waals surface area contributed by atoms with Crippen LogP contribution < -0.4 is 0 Å². The van der Waals surface area contributed by atoms with Crippen molar-refractivity contribution >= 4 is 5.91 Å². The van der Waals surface area contributed by atoms with Crippen molar-refractivity contribution in [3.63, 3.8) is 0 Å². The molecule has 14 heavy (non-hydrogen) atoms. The molecule has 0 radical (unpaired) electrons. The Hall–Kier alpha value is -0.570. The van der Waals surface area contributed by atoms with E-state index in [4.69, 9.17) is 5.11 Å². The summed E-state index contributed by atoms with van der Waals surface area (Å²) in [4.78, 5) is 13.4. The Morgan fingerprint density at radius 2 is 1.79 bits per heavy atom. The maximum Gasteiger partial charge on any atom is 0.227 e. The van der Waals surface area contributed by atoms with E-state index in [0.717, 1.165) is 25.9 Å². The summed E-state index contributed by atoms with van der Waals surface area (Å²) in [6.45, 7) is 7.50. The minimum absolute atomic E-state index is 0.0324. The van der Waals surface area contributed by atoms with Gasteiger partial charge in [-0.1, -0.05) is 20.8 Å². The smallest absolute Gasteiger partial charge is 0.227 e. The van der Waals surface area contributed by atoms with Gasteiger partial charge in [-0.2, -0.15) is 0 Å². The minimum Gasteiger partial charge on any atom is -0.396 e. The lowest BCUT2D eigenvalue weighted by Crippen LogP contribution is -2.39. The van der Waals surface area contributed by atoms with Gasteiger partial charge in [0.15, 0.2) is 0 Å². The zero-order valence-electron chi connectivity index (χ0n) is 9.62. The molecule has 1 N–H and O–H groups in total. The molecule has 0 aromatic carbocycles. The Morgan fingerprint density at radius 3 is 2.21 bits per heavy atom. The summed E-state index contributed by atoms with van der Waals surface area (Å²) in [7, 11) is 0. The molecule has 1 aliphatic heterocycles. The Kier molecular flexibility index (Phi) is 7.48. The molecule has 0 aromatic heterocycles. The fraction of sp³-hybridized carbons (Fsp3) is 0.909. The normalized spacial score (nSPS) is 18.1. The summed E-state index contributed by atoms with van der Waals surface area (Å²) >= 11 is 0. The number of hydrogen-bond donors (Lipinski definition) is 1. The molecule has 0 bridgehead atoms. The van der Waals surface area contributed by atoms with Crippen molar-refractivity contribution in [1.29, 1.82) is 0 Å². The molecule has 1 fully saturated rings. The molecule has 84 valence electrons. The van der Waals surface area contributed by atoms with Crippen LogP contribution in [0.15, 0.2) is 0 Å². The second-order valence-corrected chi connectivity index (χ2v) is 3.47. The van der Waals surface area contributed by atoms with Gasteiger partial charge in [0.2, 0.25) is 5.91 Å². The number of hydrogen-bond acceptors (Lipinski definition) is 2. The third-order valence-corrected chi connectivity index (χ3v) is 2.36. The van der Waals surface area contributed by atoms with Gasteiger partial charge >= 0.3 is 0 Å². The predicted octanol–water partition coefficient (Wildman–Crippen LogP) is 1.65. The van der Waals surface area contributed by atoms with Crippen molar-refractivity contribution in [1.82, 2.24) is 4.90 Å². The van der Waals surface area contributed by atoms with Crippen LogP contribution in [0.5, 0.6) is 0 Å². The third kappa shape index (κ3) is 4.09. The number of aliphatic hydroxyl groups excluding tert-OH is 1. The van der Waals surface area contributed by atoms with Crippen molar-refractivity contribution in [2.45, 2.75) is 40.0 Å². The maximum absolute atomic E-state index is 11.5. The van der Waals surface area contributed by atoms with E-state index in [1.165, 1.54) is 6.42 Å². The van der Waals surface area contributed by atoms with Gasteiger partial charge in [0.05, 0.1) is 12.5 Å². The first-order chi connectivity index (χ1) is 6.75. The first-order valence-corrected chi connectivity index (χ1v) is 5.65. The van der Waals surface area contributed by atoms with Crippen molar-refractivity contribution in [3.05, 3.63) is 0 Å². The van der Waals surface area contributed by atoms with E-state index >= 15 is 0 Å². The van der Waals surface area contributed by atoms with Crippen LogP contribution in [-0.4, -0.2) is 35.6 Å². The van der Waals surface area contributed by atoms with E-state index in [1.54, 1.807) is 6.92 Å². The SMILES string of the molecule is CC.CC(CO)C(=O)N1CCCCC1. The fourth-order valence-corrected chi connectivity index (χ4v) is 1.50. The molecule has 3 heteroatoms. The number of piperidine rings is 1. The number of carbonyl (C=O) groups excluding carboxylic acids is 1. The number of amides is 1. The highest BCUT2D eigenvalue weighted by atomic mass is 16.3. The van der Waals surface area contributed by atoms with Crippen LogP contribution >= 0.6 is 0 Å². The van der Waals surface area contributed by atoms with Crippen LogP contribution in [0.4, 0.5) is 0 Å². The molecule has 1 atom stereocenters. The number of likely N-dealkylation sites (tertiary alicyclic amines) is 1. The summed E-state index contributed by atoms with van der Waals surface area (Å²) in [6.07, 6.45) is 3.46. The van der Waals surface area contributed by atoms with Gasteiger partial charge in [-0.05, 0) is 19.3 Å². The summed E-state index contributed by atoms with van der Waals surface area (Å²) in [5.41, 5.74) is 0. The van der Waals surface area contributed by atoms with Gasteiger partial charge in [0, 0.05) is 13.1 Å². The van der Waals surface area contributed by atoms with E-state index in [0.29, 0.717) is 0 Å². The largest absolute Gasteiger partial charge is 0.396 e. The van der Waals surface area contributed by atoms with E-state index < -0.39 is 0 Å². The molecule has 0 aliphatic carbocycles. The van der Waals surface area contributed by atoms with Crippen LogP contribution in [0.2, 0.25) is 0 Å². The van der Waals surface area contributed by atoms with E-state index in [1.807, 2.05) is 18.7 Å². The van der Waals surface area contributed by atoms with Gasteiger partial charge in [-0.25, -0.2) is 0 Å². The lowest BCUT2D eigenvalue weighted by molar-refractivity contribution is -0.137. The Balaban J connectivity index is 0.000000791. The molecular weight excluding hydrogens is 178 g/mol. The lowest BCUT2D eigenvalue weighted by Gasteiger charge is -2.28. The van der Waals surface area contributed by atoms with Crippen LogP contribution in [0, 0.1) is 5.92 Å². The Labute approximate surface area is 87.1 Å². The third-order valence-electron chi connectivity index (χ3n) is 2.36. The first-order valence-electron chi connectivity index (χ1n) is 5.65. The molecule has 1 aliphatic rings. The predicted molar refractivity (Wildman–Crippen MR) is 58.0 cm³/mol. The molecule has 1 amide bonds. The van der Waals surface area contributed by atoms with Gasteiger partial charge in [-0.3, -0.25) is 4.79 Å². The lowest BCUT2D eigenvalue weighted by atomic mass is 10.1. The second-order valence-electron chi connectivity index (χ2n) is 3.47. The first kappa shape index (κ1) is 13.4. The quantitative estimate of drug-likeness (QED) is 0.738. The standard InChI is InChI=1S/C9H17NO2.C2H6/c1-8(7-11)9(12)10-5-3-2-4-6-10;1-2/h8,11H,2-7H2,1H3;1-2H3. The van der Waals surface area contributed by atoms with Crippen molar-refractivity contribution < 1.29 is 9.90 Å². The van der Waals surface area contributed by atoms with E-state index in [-0.39, 0.29) is 18.4 Å². The maximum atomic E-state index is 11.5. The van der Waals surface area contributed by atoms with Crippen LogP contribution in [-0.2, 0) is 4.79 Å². The van der Waals surface area contributed by atoms with Crippen molar-refractivity contribution in [3.8, 4) is 0 Å². The van der Waals surface area contributed by atoms with Crippen LogP contribution in [0.3, 0.4) is 0 Å². The number of carbonyl (C=O) groups is 1. The second kappa shape index (κ2) is 7.80. The molecule has 3 nitrogen and oxygen atoms in total. The monoisotopic (exact) mass is 201 g/mol. The molecule has 0 aromatic rings. The van der Waals surface area contributed by atoms with Crippen LogP contribution in [0.25, 0.3) is 0 Å². The molecule has 0 saturated carbocycles. The summed E-state index contributed by atoms with van der Waals surface area (Å²) in [6, 6.07) is 0. The molecule has 1 heterocycles. The highest BCUT2D eigenvalue weighted by molar-refractivity contribution is 5.78. The number of nitrogens with zero attached hydrogens (tertiary/aromatic N) is 1. The van der Waals surface area contributed by atoms with Gasteiger partial charge in [0.25, 0.3) is 0 Å². The summed E-state index contributed by atoms with van der Waals surface area (Å²) in [5, 5.41) is 8.79. The van der Waals surface area contributed by atoms with Crippen molar-refractivity contribution in [2.75, 3.05) is 19.7 Å². The average Bonchev–Trinajstić information content (AvgIpc) is 2.31. The van der Waals surface area contributed by atoms with Crippen molar-refractivity contribution in [2.24, 2.45) is 5.92 Å². The molecular formula is C11H23NO2. The van der Waals surface area contributed by atoms with Crippen LogP contribution in [0.1, 0.15) is 40.0 Å².